The molecule has 2 aromatic heterocycles. The summed E-state index contributed by atoms with van der Waals surface area (Å²) in [5.41, 5.74) is 1.70. The number of hydrogen-bond acceptors (Lipinski definition) is 8. The minimum atomic E-state index is -0.508. The molecule has 1 aromatic carbocycles. The molecule has 1 fully saturated rings. The molecule has 37 heavy (non-hydrogen) atoms. The average Bonchev–Trinajstić information content (AvgIpc) is 3.49. The molecule has 3 aromatic rings. The van der Waals surface area contributed by atoms with Crippen LogP contribution >= 0.6 is 22.9 Å². The number of pyridine rings is 1. The summed E-state index contributed by atoms with van der Waals surface area (Å²) in [7, 11) is 1.57. The number of aromatic nitrogens is 1. The summed E-state index contributed by atoms with van der Waals surface area (Å²) in [5, 5.41) is 2.77. The van der Waals surface area contributed by atoms with Crippen molar-refractivity contribution in [1.82, 2.24) is 9.88 Å². The Kier molecular flexibility index (Phi) is 8.82. The molecule has 1 saturated heterocycles. The molecule has 10 nitrogen and oxygen atoms in total. The van der Waals surface area contributed by atoms with Gasteiger partial charge in [0, 0.05) is 19.0 Å². The minimum absolute atomic E-state index is 0.0691. The van der Waals surface area contributed by atoms with Crippen molar-refractivity contribution in [1.29, 1.82) is 0 Å². The van der Waals surface area contributed by atoms with Crippen molar-refractivity contribution in [2.24, 2.45) is 0 Å². The molecular formula is C25H26ClN3O7S. The summed E-state index contributed by atoms with van der Waals surface area (Å²) < 4.78 is 23.1. The topological polar surface area (TPSA) is 108 Å². The molecule has 0 spiro atoms. The van der Waals surface area contributed by atoms with Crippen LogP contribution in [0, 0.1) is 6.92 Å². The van der Waals surface area contributed by atoms with E-state index in [1.54, 1.807) is 55.8 Å². The molecule has 1 atom stereocenters. The lowest BCUT2D eigenvalue weighted by Gasteiger charge is -2.17. The van der Waals surface area contributed by atoms with Crippen molar-refractivity contribution in [3.05, 3.63) is 73.8 Å². The molecule has 4 rings (SSSR count). The summed E-state index contributed by atoms with van der Waals surface area (Å²) in [5.74, 6) is -0.119. The first-order valence-corrected chi connectivity index (χ1v) is 12.6. The van der Waals surface area contributed by atoms with Crippen LogP contribution in [0.2, 0.25) is 4.34 Å². The number of hydrogen-bond donors (Lipinski definition) is 1. The van der Waals surface area contributed by atoms with E-state index in [0.29, 0.717) is 33.8 Å². The predicted octanol–water partition coefficient (Wildman–Crippen LogP) is 3.62. The van der Waals surface area contributed by atoms with E-state index in [1.165, 1.54) is 20.8 Å². The molecule has 0 bridgehead atoms. The van der Waals surface area contributed by atoms with Crippen molar-refractivity contribution < 1.29 is 28.5 Å². The minimum Gasteiger partial charge on any atom is -0.462 e. The highest BCUT2D eigenvalue weighted by atomic mass is 35.5. The first-order valence-electron chi connectivity index (χ1n) is 11.4. The van der Waals surface area contributed by atoms with Gasteiger partial charge in [-0.3, -0.25) is 19.1 Å². The molecule has 3 heterocycles. The average molecular weight is 548 g/mol. The van der Waals surface area contributed by atoms with E-state index in [1.807, 2.05) is 6.92 Å². The molecule has 0 aliphatic carbocycles. The van der Waals surface area contributed by atoms with Gasteiger partial charge in [-0.1, -0.05) is 11.6 Å². The number of benzene rings is 1. The van der Waals surface area contributed by atoms with Gasteiger partial charge in [-0.05, 0) is 55.0 Å². The fourth-order valence-electron chi connectivity index (χ4n) is 3.73. The summed E-state index contributed by atoms with van der Waals surface area (Å²) in [6, 6.07) is 11.9. The van der Waals surface area contributed by atoms with Gasteiger partial charge < -0.3 is 24.3 Å². The predicted molar refractivity (Wildman–Crippen MR) is 139 cm³/mol. The van der Waals surface area contributed by atoms with Gasteiger partial charge in [0.15, 0.2) is 12.5 Å². The molecule has 1 N–H and O–H groups in total. The number of aryl methyl sites for hydroxylation is 1. The van der Waals surface area contributed by atoms with Crippen molar-refractivity contribution in [2.75, 3.05) is 45.1 Å². The van der Waals surface area contributed by atoms with Crippen molar-refractivity contribution in [3.8, 4) is 11.4 Å². The fourth-order valence-corrected chi connectivity index (χ4v) is 4.69. The lowest BCUT2D eigenvalue weighted by Crippen LogP contribution is -2.34. The van der Waals surface area contributed by atoms with E-state index in [2.05, 4.69) is 5.32 Å². The molecule has 12 heteroatoms. The van der Waals surface area contributed by atoms with Gasteiger partial charge >= 0.3 is 6.09 Å². The number of ether oxygens (including phenoxy) is 4. The van der Waals surface area contributed by atoms with Gasteiger partial charge in [-0.15, -0.1) is 11.3 Å². The van der Waals surface area contributed by atoms with Gasteiger partial charge in [-0.2, -0.15) is 0 Å². The Morgan fingerprint density at radius 3 is 2.78 bits per heavy atom. The van der Waals surface area contributed by atoms with Crippen LogP contribution in [-0.2, 0) is 14.2 Å². The van der Waals surface area contributed by atoms with Crippen molar-refractivity contribution in [2.45, 2.75) is 13.0 Å². The number of carbonyl (C=O) groups excluding carboxylic acids is 2. The van der Waals surface area contributed by atoms with Gasteiger partial charge in [0.25, 0.3) is 11.5 Å². The summed E-state index contributed by atoms with van der Waals surface area (Å²) >= 11 is 7.06. The maximum Gasteiger partial charge on any atom is 0.414 e. The second-order valence-electron chi connectivity index (χ2n) is 8.11. The molecule has 0 saturated carbocycles. The first kappa shape index (κ1) is 26.7. The SMILES string of the molecule is COCCOCOc1cccn(-c2ccc(N3C[C@H](CNC(=O)c4ccc(Cl)s4)OC3=O)cc2C)c1=O. The number of nitrogens with zero attached hydrogens (tertiary/aromatic N) is 2. The zero-order valence-electron chi connectivity index (χ0n) is 20.3. The quantitative estimate of drug-likeness (QED) is 0.288. The number of methoxy groups -OCH3 is 1. The van der Waals surface area contributed by atoms with E-state index >= 15 is 0 Å². The molecule has 0 radical (unpaired) electrons. The van der Waals surface area contributed by atoms with Crippen LogP contribution in [-0.4, -0.2) is 62.9 Å². The third kappa shape index (κ3) is 6.50. The molecule has 0 unspecified atom stereocenters. The number of amides is 2. The largest absolute Gasteiger partial charge is 0.462 e. The Morgan fingerprint density at radius 2 is 2.05 bits per heavy atom. The highest BCUT2D eigenvalue weighted by Gasteiger charge is 2.33. The van der Waals surface area contributed by atoms with Crippen LogP contribution in [0.4, 0.5) is 10.5 Å². The lowest BCUT2D eigenvalue weighted by atomic mass is 10.1. The van der Waals surface area contributed by atoms with E-state index in [-0.39, 0.29) is 37.1 Å². The van der Waals surface area contributed by atoms with Gasteiger partial charge in [0.05, 0.1) is 41.2 Å². The molecule has 1 aliphatic rings. The van der Waals surface area contributed by atoms with Crippen LogP contribution in [0.5, 0.6) is 5.75 Å². The summed E-state index contributed by atoms with van der Waals surface area (Å²) in [4.78, 5) is 39.7. The Balaban J connectivity index is 1.40. The maximum absolute atomic E-state index is 12.9. The summed E-state index contributed by atoms with van der Waals surface area (Å²) in [6.07, 6.45) is 0.632. The Labute approximate surface area is 222 Å². The molecule has 196 valence electrons. The number of carbonyl (C=O) groups is 2. The van der Waals surface area contributed by atoms with E-state index in [4.69, 9.17) is 30.5 Å². The number of rotatable bonds is 11. The molecular weight excluding hydrogens is 522 g/mol. The van der Waals surface area contributed by atoms with Crippen molar-refractivity contribution in [3.63, 3.8) is 0 Å². The Morgan fingerprint density at radius 1 is 1.22 bits per heavy atom. The third-order valence-corrected chi connectivity index (χ3v) is 6.78. The highest BCUT2D eigenvalue weighted by molar-refractivity contribution is 7.18. The van der Waals surface area contributed by atoms with Crippen LogP contribution in [0.3, 0.4) is 0 Å². The molecule has 2 amide bonds. The smallest absolute Gasteiger partial charge is 0.414 e. The van der Waals surface area contributed by atoms with E-state index < -0.39 is 12.2 Å². The first-order chi connectivity index (χ1) is 17.9. The zero-order valence-corrected chi connectivity index (χ0v) is 21.8. The van der Waals surface area contributed by atoms with E-state index in [0.717, 1.165) is 5.56 Å². The third-order valence-electron chi connectivity index (χ3n) is 5.55. The second-order valence-corrected chi connectivity index (χ2v) is 9.83. The van der Waals surface area contributed by atoms with E-state index in [9.17, 15) is 14.4 Å². The Bertz CT molecular complexity index is 1330. The number of anilines is 1. The second kappa shape index (κ2) is 12.2. The molecule has 1 aliphatic heterocycles. The van der Waals surface area contributed by atoms with Gasteiger partial charge in [-0.25, -0.2) is 4.79 Å². The summed E-state index contributed by atoms with van der Waals surface area (Å²) in [6.45, 7) is 3.00. The standard InChI is InChI=1S/C25H26ClN3O7S/c1-16-12-17(29-14-18(36-25(29)32)13-27-23(30)21-7-8-22(26)37-21)5-6-19(16)28-9-3-4-20(24(28)31)35-15-34-11-10-33-2/h3-9,12,18H,10-11,13-15H2,1-2H3,(H,27,30)/t18-/m0/s1. The Hall–Kier alpha value is -3.38. The van der Waals surface area contributed by atoms with Crippen LogP contribution in [0.25, 0.3) is 5.69 Å². The number of thiophene rings is 1. The number of halogens is 1. The zero-order chi connectivity index (χ0) is 26.4. The van der Waals surface area contributed by atoms with Gasteiger partial charge in [0.2, 0.25) is 0 Å². The maximum atomic E-state index is 12.9. The lowest BCUT2D eigenvalue weighted by molar-refractivity contribution is -0.00921. The number of nitrogens with one attached hydrogen (secondary N) is 1. The fraction of sp³-hybridized carbons (Fsp3) is 0.320. The van der Waals surface area contributed by atoms with Crippen LogP contribution < -0.4 is 20.5 Å². The van der Waals surface area contributed by atoms with Crippen LogP contribution in [0.1, 0.15) is 15.2 Å². The van der Waals surface area contributed by atoms with Gasteiger partial charge in [0.1, 0.15) is 6.10 Å². The highest BCUT2D eigenvalue weighted by Crippen LogP contribution is 2.26. The number of cyclic esters (lactones) is 1. The van der Waals surface area contributed by atoms with Crippen molar-refractivity contribution >= 4 is 40.6 Å². The normalized spacial score (nSPS) is 15.1. The van der Waals surface area contributed by atoms with Crippen LogP contribution in [0.15, 0.2) is 53.5 Å². The monoisotopic (exact) mass is 547 g/mol.